The maximum absolute atomic E-state index is 4.73. The first kappa shape index (κ1) is 20.5. The van der Waals surface area contributed by atoms with E-state index in [-0.39, 0.29) is 0 Å². The Hall–Kier alpha value is -2.19. The van der Waals surface area contributed by atoms with Crippen molar-refractivity contribution < 1.29 is 0 Å². The van der Waals surface area contributed by atoms with E-state index >= 15 is 0 Å². The average molecular weight is 402 g/mol. The first-order chi connectivity index (χ1) is 13.8. The number of nitrogens with zero attached hydrogens (tertiary/aromatic N) is 5. The minimum absolute atomic E-state index is 0.732. The molecule has 1 aliphatic heterocycles. The van der Waals surface area contributed by atoms with Gasteiger partial charge in [-0.3, -0.25) is 4.90 Å². The van der Waals surface area contributed by atoms with Crippen molar-refractivity contribution in [3.63, 3.8) is 0 Å². The normalized spacial score (nSPS) is 15.6. The summed E-state index contributed by atoms with van der Waals surface area (Å²) < 4.78 is 0. The van der Waals surface area contributed by atoms with Crippen LogP contribution in [0.4, 0.5) is 5.95 Å². The predicted molar refractivity (Wildman–Crippen MR) is 117 cm³/mol. The van der Waals surface area contributed by atoms with Crippen molar-refractivity contribution >= 4 is 23.2 Å². The third-order valence-electron chi connectivity index (χ3n) is 4.73. The van der Waals surface area contributed by atoms with Crippen LogP contribution in [-0.4, -0.2) is 66.6 Å². The summed E-state index contributed by atoms with van der Waals surface area (Å²) >= 11 is 1.85. The number of thiophene rings is 1. The zero-order valence-corrected chi connectivity index (χ0v) is 17.7. The summed E-state index contributed by atoms with van der Waals surface area (Å²) in [7, 11) is 0. The Morgan fingerprint density at radius 3 is 2.50 bits per heavy atom. The summed E-state index contributed by atoms with van der Waals surface area (Å²) in [4.78, 5) is 20.9. The third-order valence-corrected chi connectivity index (χ3v) is 5.95. The number of aromatic nitrogens is 2. The number of hydrogen-bond donors (Lipinski definition) is 2. The first-order valence-corrected chi connectivity index (χ1v) is 10.9. The topological polar surface area (TPSA) is 68.7 Å². The molecule has 8 heteroatoms. The van der Waals surface area contributed by atoms with Crippen LogP contribution >= 0.6 is 11.3 Å². The van der Waals surface area contributed by atoms with E-state index in [9.17, 15) is 0 Å². The number of aryl methyl sites for hydroxylation is 1. The molecule has 2 aromatic rings. The average Bonchev–Trinajstić information content (AvgIpc) is 3.21. The van der Waals surface area contributed by atoms with Crippen molar-refractivity contribution in [3.05, 3.63) is 40.3 Å². The number of rotatable bonds is 8. The molecule has 0 radical (unpaired) electrons. The van der Waals surface area contributed by atoms with Crippen LogP contribution < -0.4 is 15.5 Å². The molecule has 2 N–H and O–H groups in total. The van der Waals surface area contributed by atoms with Crippen LogP contribution in [0.25, 0.3) is 0 Å². The van der Waals surface area contributed by atoms with Crippen molar-refractivity contribution in [3.8, 4) is 0 Å². The molecule has 7 nitrogen and oxygen atoms in total. The lowest BCUT2D eigenvalue weighted by Crippen LogP contribution is -2.49. The lowest BCUT2D eigenvalue weighted by atomic mass is 10.3. The smallest absolute Gasteiger partial charge is 0.225 e. The van der Waals surface area contributed by atoms with Gasteiger partial charge in [-0.15, -0.1) is 11.3 Å². The van der Waals surface area contributed by atoms with Gasteiger partial charge in [0.1, 0.15) is 0 Å². The lowest BCUT2D eigenvalue weighted by Gasteiger charge is -2.34. The van der Waals surface area contributed by atoms with Gasteiger partial charge in [-0.25, -0.2) is 15.0 Å². The highest BCUT2D eigenvalue weighted by Gasteiger charge is 2.18. The molecular weight excluding hydrogens is 370 g/mol. The van der Waals surface area contributed by atoms with E-state index in [0.29, 0.717) is 0 Å². The molecule has 0 aromatic carbocycles. The molecule has 152 valence electrons. The summed E-state index contributed by atoms with van der Waals surface area (Å²) in [6, 6.07) is 6.25. The van der Waals surface area contributed by atoms with Gasteiger partial charge in [0.05, 0.1) is 6.54 Å². The molecule has 0 amide bonds. The molecular formula is C20H31N7S. The molecule has 1 aliphatic rings. The number of hydrogen-bond acceptors (Lipinski definition) is 6. The molecule has 1 saturated heterocycles. The molecule has 2 aromatic heterocycles. The standard InChI is InChI=1S/C20H31N7S/c1-3-17-6-7-18(28-17)16-25-19(21-4-2)22-10-11-26-12-14-27(15-13-26)20-23-8-5-9-24-20/h5-9H,3-4,10-16H2,1-2H3,(H2,21,22,25). The van der Waals surface area contributed by atoms with Crippen molar-refractivity contribution in [2.24, 2.45) is 4.99 Å². The van der Waals surface area contributed by atoms with E-state index in [1.807, 2.05) is 17.4 Å². The molecule has 28 heavy (non-hydrogen) atoms. The van der Waals surface area contributed by atoms with Gasteiger partial charge < -0.3 is 15.5 Å². The summed E-state index contributed by atoms with van der Waals surface area (Å²) in [5.41, 5.74) is 0. The van der Waals surface area contributed by atoms with Crippen LogP contribution in [0.1, 0.15) is 23.6 Å². The zero-order valence-electron chi connectivity index (χ0n) is 16.9. The Balaban J connectivity index is 1.40. The molecule has 3 heterocycles. The SMILES string of the molecule is CCNC(=NCc1ccc(CC)s1)NCCN1CCN(c2ncccn2)CC1. The van der Waals surface area contributed by atoms with Crippen molar-refractivity contribution in [1.29, 1.82) is 0 Å². The van der Waals surface area contributed by atoms with Gasteiger partial charge in [-0.05, 0) is 31.5 Å². The Bertz CT molecular complexity index is 723. The predicted octanol–water partition coefficient (Wildman–Crippen LogP) is 1.98. The highest BCUT2D eigenvalue weighted by molar-refractivity contribution is 7.11. The van der Waals surface area contributed by atoms with Crippen LogP contribution in [0.2, 0.25) is 0 Å². The van der Waals surface area contributed by atoms with Crippen LogP contribution in [-0.2, 0) is 13.0 Å². The molecule has 3 rings (SSSR count). The number of guanidine groups is 1. The fraction of sp³-hybridized carbons (Fsp3) is 0.550. The Morgan fingerprint density at radius 1 is 1.07 bits per heavy atom. The summed E-state index contributed by atoms with van der Waals surface area (Å²) in [6.07, 6.45) is 4.70. The quantitative estimate of drug-likeness (QED) is 0.521. The zero-order chi connectivity index (χ0) is 19.6. The Labute approximate surface area is 171 Å². The van der Waals surface area contributed by atoms with E-state index in [0.717, 1.165) is 70.7 Å². The van der Waals surface area contributed by atoms with E-state index in [2.05, 4.69) is 56.4 Å². The second kappa shape index (κ2) is 11.0. The number of aliphatic imine (C=N–C) groups is 1. The molecule has 0 saturated carbocycles. The maximum atomic E-state index is 4.73. The van der Waals surface area contributed by atoms with E-state index in [1.165, 1.54) is 9.75 Å². The van der Waals surface area contributed by atoms with Crippen LogP contribution in [0.15, 0.2) is 35.6 Å². The van der Waals surface area contributed by atoms with Gasteiger partial charge in [0.15, 0.2) is 5.96 Å². The maximum Gasteiger partial charge on any atom is 0.225 e. The van der Waals surface area contributed by atoms with Crippen molar-refractivity contribution in [2.45, 2.75) is 26.8 Å². The summed E-state index contributed by atoms with van der Waals surface area (Å²) in [5, 5.41) is 6.81. The second-order valence-electron chi connectivity index (χ2n) is 6.72. The Kier molecular flexibility index (Phi) is 8.05. The minimum atomic E-state index is 0.732. The summed E-state index contributed by atoms with van der Waals surface area (Å²) in [5.74, 6) is 1.73. The van der Waals surface area contributed by atoms with E-state index in [4.69, 9.17) is 4.99 Å². The number of piperazine rings is 1. The highest BCUT2D eigenvalue weighted by Crippen LogP contribution is 2.17. The van der Waals surface area contributed by atoms with Gasteiger partial charge in [0, 0.05) is 68.0 Å². The molecule has 0 unspecified atom stereocenters. The monoisotopic (exact) mass is 401 g/mol. The Morgan fingerprint density at radius 2 is 1.82 bits per heavy atom. The van der Waals surface area contributed by atoms with Crippen molar-refractivity contribution in [1.82, 2.24) is 25.5 Å². The molecule has 0 spiro atoms. The molecule has 1 fully saturated rings. The van der Waals surface area contributed by atoms with Gasteiger partial charge in [-0.1, -0.05) is 6.92 Å². The van der Waals surface area contributed by atoms with Gasteiger partial charge in [0.2, 0.25) is 5.95 Å². The van der Waals surface area contributed by atoms with Crippen LogP contribution in [0.5, 0.6) is 0 Å². The molecule has 0 aliphatic carbocycles. The summed E-state index contributed by atoms with van der Waals surface area (Å²) in [6.45, 7) is 11.8. The second-order valence-corrected chi connectivity index (χ2v) is 7.97. The minimum Gasteiger partial charge on any atom is -0.357 e. The van der Waals surface area contributed by atoms with Crippen LogP contribution in [0.3, 0.4) is 0 Å². The molecule has 0 atom stereocenters. The number of nitrogens with one attached hydrogen (secondary N) is 2. The lowest BCUT2D eigenvalue weighted by molar-refractivity contribution is 0.260. The van der Waals surface area contributed by atoms with Crippen LogP contribution in [0, 0.1) is 0 Å². The van der Waals surface area contributed by atoms with E-state index in [1.54, 1.807) is 12.4 Å². The van der Waals surface area contributed by atoms with Gasteiger partial charge >= 0.3 is 0 Å². The van der Waals surface area contributed by atoms with Gasteiger partial charge in [-0.2, -0.15) is 0 Å². The van der Waals surface area contributed by atoms with Gasteiger partial charge in [0.25, 0.3) is 0 Å². The highest BCUT2D eigenvalue weighted by atomic mass is 32.1. The largest absolute Gasteiger partial charge is 0.357 e. The molecule has 0 bridgehead atoms. The first-order valence-electron chi connectivity index (χ1n) is 10.1. The fourth-order valence-electron chi connectivity index (χ4n) is 3.15. The number of anilines is 1. The van der Waals surface area contributed by atoms with Crippen molar-refractivity contribution in [2.75, 3.05) is 50.7 Å². The van der Waals surface area contributed by atoms with E-state index < -0.39 is 0 Å². The third kappa shape index (κ3) is 6.17. The fourth-order valence-corrected chi connectivity index (χ4v) is 4.04.